The van der Waals surface area contributed by atoms with Crippen LogP contribution >= 0.6 is 0 Å². The fourth-order valence-electron chi connectivity index (χ4n) is 1.64. The molecular formula is C9H14N4O2. The minimum Gasteiger partial charge on any atom is -0.391 e. The second kappa shape index (κ2) is 3.62. The number of aliphatic hydroxyl groups excluding tert-OH is 1. The molecule has 1 amide bonds. The van der Waals surface area contributed by atoms with Crippen molar-refractivity contribution in [1.29, 1.82) is 0 Å². The molecule has 1 heterocycles. The van der Waals surface area contributed by atoms with Gasteiger partial charge in [0.1, 0.15) is 0 Å². The summed E-state index contributed by atoms with van der Waals surface area (Å²) < 4.78 is 1.59. The second-order valence-electron chi connectivity index (χ2n) is 3.99. The summed E-state index contributed by atoms with van der Waals surface area (Å²) in [5.74, 6) is -0.213. The van der Waals surface area contributed by atoms with E-state index in [4.69, 9.17) is 5.73 Å². The van der Waals surface area contributed by atoms with Crippen molar-refractivity contribution >= 4 is 5.91 Å². The molecule has 0 aliphatic heterocycles. The third kappa shape index (κ3) is 1.99. The van der Waals surface area contributed by atoms with E-state index >= 15 is 0 Å². The van der Waals surface area contributed by atoms with Gasteiger partial charge >= 0.3 is 0 Å². The van der Waals surface area contributed by atoms with Crippen molar-refractivity contribution in [2.75, 3.05) is 0 Å². The van der Waals surface area contributed by atoms with Crippen LogP contribution in [0.2, 0.25) is 0 Å². The zero-order valence-corrected chi connectivity index (χ0v) is 8.55. The summed E-state index contributed by atoms with van der Waals surface area (Å²) in [6, 6.07) is 0. The van der Waals surface area contributed by atoms with Crippen LogP contribution in [0.15, 0.2) is 0 Å². The van der Waals surface area contributed by atoms with Gasteiger partial charge in [-0.3, -0.25) is 4.79 Å². The zero-order chi connectivity index (χ0) is 11.0. The van der Waals surface area contributed by atoms with Gasteiger partial charge in [0.2, 0.25) is 0 Å². The van der Waals surface area contributed by atoms with Gasteiger partial charge in [0.05, 0.1) is 18.3 Å². The first kappa shape index (κ1) is 10.1. The van der Waals surface area contributed by atoms with Gasteiger partial charge in [-0.1, -0.05) is 5.21 Å². The van der Waals surface area contributed by atoms with Gasteiger partial charge in [-0.15, -0.1) is 5.10 Å². The highest BCUT2D eigenvalue weighted by molar-refractivity contribution is 5.92. The van der Waals surface area contributed by atoms with Crippen LogP contribution in [0.3, 0.4) is 0 Å². The van der Waals surface area contributed by atoms with Crippen molar-refractivity contribution in [2.45, 2.75) is 38.3 Å². The molecule has 1 atom stereocenters. The number of aromatic nitrogens is 3. The molecule has 82 valence electrons. The summed E-state index contributed by atoms with van der Waals surface area (Å²) in [5, 5.41) is 16.9. The fraction of sp³-hybridized carbons (Fsp3) is 0.667. The molecule has 6 heteroatoms. The molecule has 1 aliphatic carbocycles. The van der Waals surface area contributed by atoms with Crippen molar-refractivity contribution in [3.8, 4) is 0 Å². The van der Waals surface area contributed by atoms with Crippen molar-refractivity contribution in [3.63, 3.8) is 0 Å². The van der Waals surface area contributed by atoms with E-state index in [0.29, 0.717) is 12.5 Å². The van der Waals surface area contributed by atoms with Crippen molar-refractivity contribution in [3.05, 3.63) is 11.4 Å². The lowest BCUT2D eigenvalue weighted by atomic mass is 10.2. The van der Waals surface area contributed by atoms with Gasteiger partial charge in [-0.2, -0.15) is 0 Å². The Bertz CT molecular complexity index is 381. The third-order valence-electron chi connectivity index (χ3n) is 2.41. The third-order valence-corrected chi connectivity index (χ3v) is 2.41. The maximum absolute atomic E-state index is 11.1. The number of nitrogens with zero attached hydrogens (tertiary/aromatic N) is 3. The Hall–Kier alpha value is -1.43. The largest absolute Gasteiger partial charge is 0.391 e. The Balaban J connectivity index is 2.33. The van der Waals surface area contributed by atoms with Crippen LogP contribution in [-0.4, -0.2) is 32.1 Å². The van der Waals surface area contributed by atoms with Crippen LogP contribution in [0.4, 0.5) is 0 Å². The lowest BCUT2D eigenvalue weighted by molar-refractivity contribution is 0.0994. The fourth-order valence-corrected chi connectivity index (χ4v) is 1.64. The first-order valence-corrected chi connectivity index (χ1v) is 5.01. The number of nitrogens with two attached hydrogens (primary N) is 1. The van der Waals surface area contributed by atoms with Gasteiger partial charge in [0.25, 0.3) is 5.91 Å². The standard InChI is InChI=1S/C9H14N4O2/c1-5(14)4-13-8(6-2-3-6)7(9(10)15)11-12-13/h5-6,14H,2-4H2,1H3,(H2,10,15). The highest BCUT2D eigenvalue weighted by Crippen LogP contribution is 2.41. The number of hydrogen-bond acceptors (Lipinski definition) is 4. The molecule has 15 heavy (non-hydrogen) atoms. The first-order valence-electron chi connectivity index (χ1n) is 5.01. The van der Waals surface area contributed by atoms with E-state index in [0.717, 1.165) is 18.5 Å². The molecule has 1 aliphatic rings. The van der Waals surface area contributed by atoms with Gasteiger partial charge in [0, 0.05) is 5.92 Å². The summed E-state index contributed by atoms with van der Waals surface area (Å²) >= 11 is 0. The Labute approximate surface area is 87.1 Å². The number of primary amides is 1. The Morgan fingerprint density at radius 1 is 1.73 bits per heavy atom. The van der Waals surface area contributed by atoms with Crippen molar-refractivity contribution in [2.24, 2.45) is 5.73 Å². The number of carbonyl (C=O) groups is 1. The summed E-state index contributed by atoms with van der Waals surface area (Å²) in [5.41, 5.74) is 6.24. The van der Waals surface area contributed by atoms with E-state index in [1.807, 2.05) is 0 Å². The van der Waals surface area contributed by atoms with Crippen LogP contribution in [0.25, 0.3) is 0 Å². The highest BCUT2D eigenvalue weighted by atomic mass is 16.3. The quantitative estimate of drug-likeness (QED) is 0.709. The number of aliphatic hydroxyl groups is 1. The van der Waals surface area contributed by atoms with E-state index in [1.165, 1.54) is 0 Å². The number of rotatable bonds is 4. The molecule has 0 bridgehead atoms. The molecule has 1 fully saturated rings. The maximum atomic E-state index is 11.1. The highest BCUT2D eigenvalue weighted by Gasteiger charge is 2.33. The van der Waals surface area contributed by atoms with E-state index < -0.39 is 12.0 Å². The second-order valence-corrected chi connectivity index (χ2v) is 3.99. The normalized spacial score (nSPS) is 17.7. The number of amides is 1. The predicted molar refractivity (Wildman–Crippen MR) is 52.2 cm³/mol. The van der Waals surface area contributed by atoms with Gasteiger partial charge < -0.3 is 10.8 Å². The number of hydrogen-bond donors (Lipinski definition) is 2. The van der Waals surface area contributed by atoms with E-state index in [2.05, 4.69) is 10.3 Å². The molecule has 0 spiro atoms. The molecule has 1 unspecified atom stereocenters. The molecule has 1 aromatic heterocycles. The van der Waals surface area contributed by atoms with Crippen LogP contribution in [0.1, 0.15) is 41.9 Å². The van der Waals surface area contributed by atoms with E-state index in [9.17, 15) is 9.90 Å². The Morgan fingerprint density at radius 3 is 2.87 bits per heavy atom. The summed E-state index contributed by atoms with van der Waals surface area (Å²) in [7, 11) is 0. The van der Waals surface area contributed by atoms with Crippen LogP contribution < -0.4 is 5.73 Å². The Kier molecular flexibility index (Phi) is 2.44. The SMILES string of the molecule is CC(O)Cn1nnc(C(N)=O)c1C1CC1. The number of carbonyl (C=O) groups excluding carboxylic acids is 1. The van der Waals surface area contributed by atoms with Crippen LogP contribution in [0, 0.1) is 0 Å². The van der Waals surface area contributed by atoms with Gasteiger partial charge in [-0.25, -0.2) is 4.68 Å². The minimum absolute atomic E-state index is 0.248. The maximum Gasteiger partial charge on any atom is 0.271 e. The molecule has 0 aromatic carbocycles. The predicted octanol–water partition coefficient (Wildman–Crippen LogP) is -0.365. The molecule has 1 aromatic rings. The van der Waals surface area contributed by atoms with Gasteiger partial charge in [0.15, 0.2) is 5.69 Å². The molecule has 6 nitrogen and oxygen atoms in total. The molecule has 0 saturated heterocycles. The molecule has 3 N–H and O–H groups in total. The lowest BCUT2D eigenvalue weighted by Crippen LogP contribution is -2.18. The van der Waals surface area contributed by atoms with Crippen molar-refractivity contribution in [1.82, 2.24) is 15.0 Å². The Morgan fingerprint density at radius 2 is 2.40 bits per heavy atom. The van der Waals surface area contributed by atoms with E-state index in [1.54, 1.807) is 11.6 Å². The van der Waals surface area contributed by atoms with Crippen LogP contribution in [-0.2, 0) is 6.54 Å². The lowest BCUT2D eigenvalue weighted by Gasteiger charge is -2.07. The molecule has 1 saturated carbocycles. The van der Waals surface area contributed by atoms with Crippen LogP contribution in [0.5, 0.6) is 0 Å². The summed E-state index contributed by atoms with van der Waals surface area (Å²) in [6.45, 7) is 2.02. The summed E-state index contributed by atoms with van der Waals surface area (Å²) in [4.78, 5) is 11.1. The summed E-state index contributed by atoms with van der Waals surface area (Å²) in [6.07, 6.45) is 1.56. The van der Waals surface area contributed by atoms with E-state index in [-0.39, 0.29) is 5.69 Å². The minimum atomic E-state index is -0.547. The first-order chi connectivity index (χ1) is 7.09. The molecule has 0 radical (unpaired) electrons. The smallest absolute Gasteiger partial charge is 0.271 e. The van der Waals surface area contributed by atoms with Gasteiger partial charge in [-0.05, 0) is 19.8 Å². The molecular weight excluding hydrogens is 196 g/mol. The molecule has 2 rings (SSSR count). The topological polar surface area (TPSA) is 94.0 Å². The average Bonchev–Trinajstić information content (AvgIpc) is 2.87. The van der Waals surface area contributed by atoms with Crippen molar-refractivity contribution < 1.29 is 9.90 Å². The monoisotopic (exact) mass is 210 g/mol. The zero-order valence-electron chi connectivity index (χ0n) is 8.55. The average molecular weight is 210 g/mol.